The van der Waals surface area contributed by atoms with Crippen LogP contribution >= 0.6 is 0 Å². The van der Waals surface area contributed by atoms with Crippen LogP contribution in [0.2, 0.25) is 0 Å². The summed E-state index contributed by atoms with van der Waals surface area (Å²) in [5.74, 6) is 0. The summed E-state index contributed by atoms with van der Waals surface area (Å²) in [6.45, 7) is 8.96. The molecule has 0 unspecified atom stereocenters. The van der Waals surface area contributed by atoms with E-state index in [1.165, 1.54) is 32.1 Å². The zero-order valence-corrected chi connectivity index (χ0v) is 9.18. The topological polar surface area (TPSA) is 0 Å². The second kappa shape index (κ2) is 5.85. The lowest BCUT2D eigenvalue weighted by atomic mass is 10.0. The Labute approximate surface area is 88.4 Å². The molecular weight excluding hydrogens is 168 g/mol. The number of hydrogen-bond donors (Lipinski definition) is 0. The minimum Gasteiger partial charge on any atom is -0.0654 e. The highest BCUT2D eigenvalue weighted by Gasteiger charge is 2.06. The van der Waals surface area contributed by atoms with Gasteiger partial charge in [0.1, 0.15) is 0 Å². The molecule has 0 aromatic heterocycles. The van der Waals surface area contributed by atoms with E-state index in [9.17, 15) is 0 Å². The van der Waals surface area contributed by atoms with Crippen molar-refractivity contribution in [3.8, 4) is 0 Å². The number of rotatable bonds is 0. The van der Waals surface area contributed by atoms with Crippen molar-refractivity contribution in [3.63, 3.8) is 0 Å². The predicted molar refractivity (Wildman–Crippen MR) is 63.2 cm³/mol. The van der Waals surface area contributed by atoms with Crippen LogP contribution in [0.25, 0.3) is 0 Å². The second-order valence-corrected chi connectivity index (χ2v) is 3.66. The normalized spacial score (nSPS) is 14.8. The minimum atomic E-state index is 1.16. The molecule has 0 heteroatoms. The van der Waals surface area contributed by atoms with Gasteiger partial charge in [-0.2, -0.15) is 0 Å². The van der Waals surface area contributed by atoms with E-state index in [0.717, 1.165) is 5.56 Å². The summed E-state index contributed by atoms with van der Waals surface area (Å²) in [6, 6.07) is 6.63. The van der Waals surface area contributed by atoms with Crippen molar-refractivity contribution in [2.45, 2.75) is 39.0 Å². The average Bonchev–Trinajstić information content (AvgIpc) is 2.45. The Morgan fingerprint density at radius 1 is 0.929 bits per heavy atom. The van der Waals surface area contributed by atoms with Crippen LogP contribution in [0.3, 0.4) is 0 Å². The van der Waals surface area contributed by atoms with Crippen molar-refractivity contribution in [2.24, 2.45) is 0 Å². The lowest BCUT2D eigenvalue weighted by molar-refractivity contribution is 0.711. The first-order chi connectivity index (χ1) is 6.86. The lowest BCUT2D eigenvalue weighted by Gasteiger charge is -2.05. The molecule has 1 aliphatic rings. The maximum absolute atomic E-state index is 3.96. The molecule has 0 fully saturated rings. The van der Waals surface area contributed by atoms with E-state index >= 15 is 0 Å². The summed E-state index contributed by atoms with van der Waals surface area (Å²) in [5, 5.41) is 0. The summed E-state index contributed by atoms with van der Waals surface area (Å²) in [6.07, 6.45) is 6.65. The molecule has 0 spiro atoms. The fourth-order valence-corrected chi connectivity index (χ4v) is 1.96. The van der Waals surface area contributed by atoms with Crippen LogP contribution in [0.5, 0.6) is 0 Å². The molecule has 1 aromatic rings. The summed E-state index contributed by atoms with van der Waals surface area (Å²) < 4.78 is 0. The molecule has 14 heavy (non-hydrogen) atoms. The van der Waals surface area contributed by atoms with Gasteiger partial charge in [-0.15, -0.1) is 0 Å². The zero-order chi connectivity index (χ0) is 10.4. The Kier molecular flexibility index (Phi) is 4.72. The van der Waals surface area contributed by atoms with Gasteiger partial charge < -0.3 is 0 Å². The van der Waals surface area contributed by atoms with Gasteiger partial charge in [0.25, 0.3) is 0 Å². The predicted octanol–water partition coefficient (Wildman–Crippen LogP) is 3.98. The summed E-state index contributed by atoms with van der Waals surface area (Å²) >= 11 is 0. The highest BCUT2D eigenvalue weighted by molar-refractivity contribution is 5.34. The van der Waals surface area contributed by atoms with E-state index in [4.69, 9.17) is 0 Å². The first-order valence-electron chi connectivity index (χ1n) is 5.51. The SMILES string of the molecule is [CH2]C.[CH2]c1ccc2c(c1)CCCCC2. The standard InChI is InChI=1S/C12H15.C2H5/c1-10-7-8-11-5-3-2-4-6-12(11)9-10;1-2/h7-9H,1-6H2;1H2,2H3. The largest absolute Gasteiger partial charge is 0.0654 e. The van der Waals surface area contributed by atoms with Gasteiger partial charge in [0.05, 0.1) is 0 Å². The quantitative estimate of drug-likeness (QED) is 0.540. The van der Waals surface area contributed by atoms with E-state index in [-0.39, 0.29) is 0 Å². The van der Waals surface area contributed by atoms with Crippen LogP contribution in [0.1, 0.15) is 42.9 Å². The van der Waals surface area contributed by atoms with Crippen molar-refractivity contribution in [1.82, 2.24) is 0 Å². The van der Waals surface area contributed by atoms with Crippen molar-refractivity contribution in [3.05, 3.63) is 48.7 Å². The van der Waals surface area contributed by atoms with Crippen molar-refractivity contribution in [2.75, 3.05) is 0 Å². The van der Waals surface area contributed by atoms with Crippen molar-refractivity contribution in [1.29, 1.82) is 0 Å². The van der Waals surface area contributed by atoms with E-state index in [2.05, 4.69) is 32.0 Å². The second-order valence-electron chi connectivity index (χ2n) is 3.66. The van der Waals surface area contributed by atoms with Crippen molar-refractivity contribution >= 4 is 0 Å². The smallest absolute Gasteiger partial charge is 0.0238 e. The average molecular weight is 188 g/mol. The Balaban J connectivity index is 0.000000461. The molecule has 2 radical (unpaired) electrons. The van der Waals surface area contributed by atoms with E-state index in [1.807, 2.05) is 0 Å². The van der Waals surface area contributed by atoms with Crippen LogP contribution < -0.4 is 0 Å². The fraction of sp³-hybridized carbons (Fsp3) is 0.429. The van der Waals surface area contributed by atoms with E-state index in [1.54, 1.807) is 18.1 Å². The molecule has 76 valence electrons. The molecule has 0 saturated carbocycles. The van der Waals surface area contributed by atoms with Gasteiger partial charge in [0.15, 0.2) is 0 Å². The highest BCUT2D eigenvalue weighted by atomic mass is 14.1. The van der Waals surface area contributed by atoms with Crippen LogP contribution in [0, 0.1) is 13.8 Å². The molecule has 1 aromatic carbocycles. The molecule has 1 aliphatic carbocycles. The highest BCUT2D eigenvalue weighted by Crippen LogP contribution is 2.21. The Morgan fingerprint density at radius 2 is 1.57 bits per heavy atom. The van der Waals surface area contributed by atoms with E-state index < -0.39 is 0 Å². The third-order valence-electron chi connectivity index (χ3n) is 2.66. The molecule has 0 saturated heterocycles. The molecular formula is C14H20. The number of fused-ring (bicyclic) bond motifs is 1. The van der Waals surface area contributed by atoms with E-state index in [0.29, 0.717) is 0 Å². The molecule has 0 nitrogen and oxygen atoms in total. The van der Waals surface area contributed by atoms with Crippen LogP contribution in [0.15, 0.2) is 18.2 Å². The van der Waals surface area contributed by atoms with Gasteiger partial charge in [-0.25, -0.2) is 0 Å². The van der Waals surface area contributed by atoms with Gasteiger partial charge in [-0.3, -0.25) is 0 Å². The maximum Gasteiger partial charge on any atom is -0.0238 e. The number of hydrogen-bond acceptors (Lipinski definition) is 0. The molecule has 0 aliphatic heterocycles. The monoisotopic (exact) mass is 188 g/mol. The number of benzene rings is 1. The zero-order valence-electron chi connectivity index (χ0n) is 9.18. The third-order valence-corrected chi connectivity index (χ3v) is 2.66. The molecule has 0 heterocycles. The first-order valence-corrected chi connectivity index (χ1v) is 5.51. The summed E-state index contributed by atoms with van der Waals surface area (Å²) in [4.78, 5) is 0. The number of aryl methyl sites for hydroxylation is 2. The van der Waals surface area contributed by atoms with Crippen LogP contribution in [-0.2, 0) is 12.8 Å². The van der Waals surface area contributed by atoms with Gasteiger partial charge in [0.2, 0.25) is 0 Å². The Morgan fingerprint density at radius 3 is 2.29 bits per heavy atom. The van der Waals surface area contributed by atoms with Gasteiger partial charge in [-0.05, 0) is 49.3 Å². The van der Waals surface area contributed by atoms with Gasteiger partial charge in [-0.1, -0.05) is 38.5 Å². The lowest BCUT2D eigenvalue weighted by Crippen LogP contribution is -1.90. The fourth-order valence-electron chi connectivity index (χ4n) is 1.96. The van der Waals surface area contributed by atoms with Crippen LogP contribution in [0.4, 0.5) is 0 Å². The molecule has 0 bridgehead atoms. The Bertz CT molecular complexity index is 273. The minimum absolute atomic E-state index is 1.16. The third kappa shape index (κ3) is 2.87. The van der Waals surface area contributed by atoms with Crippen molar-refractivity contribution < 1.29 is 0 Å². The van der Waals surface area contributed by atoms with Gasteiger partial charge in [0, 0.05) is 0 Å². The summed E-state index contributed by atoms with van der Waals surface area (Å²) in [5.41, 5.74) is 4.26. The molecule has 2 rings (SSSR count). The maximum atomic E-state index is 3.96. The Hall–Kier alpha value is -0.780. The molecule has 0 amide bonds. The summed E-state index contributed by atoms with van der Waals surface area (Å²) in [7, 11) is 0. The van der Waals surface area contributed by atoms with Gasteiger partial charge >= 0.3 is 0 Å². The van der Waals surface area contributed by atoms with Crippen LogP contribution in [-0.4, -0.2) is 0 Å². The molecule has 0 atom stereocenters. The molecule has 0 N–H and O–H groups in total. The first kappa shape index (κ1) is 11.3.